The Morgan fingerprint density at radius 2 is 1.68 bits per heavy atom. The van der Waals surface area contributed by atoms with Crippen LogP contribution in [-0.2, 0) is 6.42 Å². The van der Waals surface area contributed by atoms with E-state index in [1.165, 1.54) is 12.1 Å². The molecule has 2 amide bonds. The molecule has 0 saturated heterocycles. The fraction of sp³-hybridized carbons (Fsp3) is 0.167. The summed E-state index contributed by atoms with van der Waals surface area (Å²) in [7, 11) is 3.11. The second kappa shape index (κ2) is 11.2. The molecule has 34 heavy (non-hydrogen) atoms. The fourth-order valence-electron chi connectivity index (χ4n) is 3.23. The summed E-state index contributed by atoms with van der Waals surface area (Å²) in [4.78, 5) is 35.9. The molecule has 0 bridgehead atoms. The monoisotopic (exact) mass is 483 g/mol. The molecule has 176 valence electrons. The van der Waals surface area contributed by atoms with Gasteiger partial charge in [-0.1, -0.05) is 29.8 Å². The molecule has 0 aromatic heterocycles. The van der Waals surface area contributed by atoms with Crippen molar-refractivity contribution >= 4 is 34.8 Å². The van der Waals surface area contributed by atoms with E-state index in [-0.39, 0.29) is 33.4 Å². The van der Waals surface area contributed by atoms with E-state index >= 15 is 0 Å². The first-order valence-corrected chi connectivity index (χ1v) is 10.5. The highest BCUT2D eigenvalue weighted by atomic mass is 35.5. The van der Waals surface area contributed by atoms with Crippen LogP contribution in [0.1, 0.15) is 26.3 Å². The highest BCUT2D eigenvalue weighted by Crippen LogP contribution is 2.28. The Bertz CT molecular complexity index is 1230. The molecule has 0 saturated carbocycles. The number of methoxy groups -OCH3 is 2. The van der Waals surface area contributed by atoms with Gasteiger partial charge in [-0.05, 0) is 42.3 Å². The zero-order chi connectivity index (χ0) is 24.7. The Labute approximate surface area is 200 Å². The van der Waals surface area contributed by atoms with E-state index in [2.05, 4.69) is 10.6 Å². The number of nitrogens with zero attached hydrogens (tertiary/aromatic N) is 1. The Balaban J connectivity index is 1.69. The molecule has 0 radical (unpaired) electrons. The molecule has 3 aromatic carbocycles. The number of rotatable bonds is 9. The number of halogens is 1. The average Bonchev–Trinajstić information content (AvgIpc) is 2.84. The van der Waals surface area contributed by atoms with Crippen molar-refractivity contribution < 1.29 is 24.0 Å². The zero-order valence-corrected chi connectivity index (χ0v) is 19.2. The first kappa shape index (κ1) is 24.5. The van der Waals surface area contributed by atoms with Crippen molar-refractivity contribution in [2.75, 3.05) is 26.1 Å². The molecule has 0 fully saturated rings. The quantitative estimate of drug-likeness (QED) is 0.342. The zero-order valence-electron chi connectivity index (χ0n) is 18.5. The highest BCUT2D eigenvalue weighted by Gasteiger charge is 2.18. The molecule has 0 aliphatic rings. The van der Waals surface area contributed by atoms with Crippen LogP contribution in [0.4, 0.5) is 11.4 Å². The van der Waals surface area contributed by atoms with Gasteiger partial charge in [-0.3, -0.25) is 19.7 Å². The van der Waals surface area contributed by atoms with Crippen molar-refractivity contribution in [2.24, 2.45) is 0 Å². The Morgan fingerprint density at radius 3 is 2.38 bits per heavy atom. The number of amides is 2. The highest BCUT2D eigenvalue weighted by molar-refractivity contribution is 6.34. The maximum Gasteiger partial charge on any atom is 0.270 e. The van der Waals surface area contributed by atoms with Gasteiger partial charge in [-0.2, -0.15) is 0 Å². The number of non-ortho nitro benzene ring substituents is 1. The third-order valence-electron chi connectivity index (χ3n) is 4.97. The number of nitrogens with one attached hydrogen (secondary N) is 2. The summed E-state index contributed by atoms with van der Waals surface area (Å²) in [5.41, 5.74) is 1.10. The number of carbonyl (C=O) groups is 2. The third kappa shape index (κ3) is 5.81. The molecule has 2 N–H and O–H groups in total. The van der Waals surface area contributed by atoms with E-state index in [0.717, 1.165) is 11.6 Å². The maximum absolute atomic E-state index is 12.8. The summed E-state index contributed by atoms with van der Waals surface area (Å²) in [5.74, 6) is 0.156. The predicted molar refractivity (Wildman–Crippen MR) is 128 cm³/mol. The summed E-state index contributed by atoms with van der Waals surface area (Å²) < 4.78 is 10.5. The predicted octanol–water partition coefficient (Wildman–Crippen LogP) is 4.49. The number of hydrogen-bond donors (Lipinski definition) is 2. The maximum atomic E-state index is 12.8. The summed E-state index contributed by atoms with van der Waals surface area (Å²) in [6.45, 7) is 0.341. The number of benzene rings is 3. The van der Waals surface area contributed by atoms with Gasteiger partial charge in [0.2, 0.25) is 0 Å². The van der Waals surface area contributed by atoms with Crippen LogP contribution in [0, 0.1) is 10.1 Å². The second-order valence-corrected chi connectivity index (χ2v) is 7.52. The summed E-state index contributed by atoms with van der Waals surface area (Å²) >= 11 is 6.05. The first-order valence-electron chi connectivity index (χ1n) is 10.2. The lowest BCUT2D eigenvalue weighted by molar-refractivity contribution is -0.384. The SMILES string of the molecule is COc1ccc(CCNC(=O)c2ccccc2NC(=O)c2cc([N+](=O)[O-])ccc2Cl)cc1OC. The lowest BCUT2D eigenvalue weighted by Crippen LogP contribution is -2.27. The average molecular weight is 484 g/mol. The molecule has 0 heterocycles. The molecule has 0 atom stereocenters. The largest absolute Gasteiger partial charge is 0.493 e. The second-order valence-electron chi connectivity index (χ2n) is 7.12. The number of hydrogen-bond acceptors (Lipinski definition) is 6. The minimum Gasteiger partial charge on any atom is -0.493 e. The minimum atomic E-state index is -0.667. The molecule has 0 unspecified atom stereocenters. The number of nitro groups is 1. The summed E-state index contributed by atoms with van der Waals surface area (Å²) in [6, 6.07) is 15.5. The van der Waals surface area contributed by atoms with E-state index in [1.54, 1.807) is 44.6 Å². The fourth-order valence-corrected chi connectivity index (χ4v) is 3.44. The third-order valence-corrected chi connectivity index (χ3v) is 5.30. The van der Waals surface area contributed by atoms with Crippen LogP contribution in [0.3, 0.4) is 0 Å². The van der Waals surface area contributed by atoms with Crippen molar-refractivity contribution in [3.63, 3.8) is 0 Å². The molecular formula is C24H22ClN3O6. The van der Waals surface area contributed by atoms with Gasteiger partial charge in [0.15, 0.2) is 11.5 Å². The molecule has 0 spiro atoms. The van der Waals surface area contributed by atoms with Crippen LogP contribution in [0.2, 0.25) is 5.02 Å². The summed E-state index contributed by atoms with van der Waals surface area (Å²) in [5, 5.41) is 16.5. The smallest absolute Gasteiger partial charge is 0.270 e. The van der Waals surface area contributed by atoms with Gasteiger partial charge in [0, 0.05) is 18.7 Å². The van der Waals surface area contributed by atoms with Crippen molar-refractivity contribution in [1.29, 1.82) is 0 Å². The lowest BCUT2D eigenvalue weighted by Gasteiger charge is -2.13. The molecule has 3 rings (SSSR count). The molecule has 3 aromatic rings. The van der Waals surface area contributed by atoms with Gasteiger partial charge >= 0.3 is 0 Å². The van der Waals surface area contributed by atoms with Crippen LogP contribution in [0.15, 0.2) is 60.7 Å². The van der Waals surface area contributed by atoms with E-state index < -0.39 is 10.8 Å². The van der Waals surface area contributed by atoms with E-state index in [9.17, 15) is 19.7 Å². The van der Waals surface area contributed by atoms with Gasteiger partial charge in [0.25, 0.3) is 17.5 Å². The van der Waals surface area contributed by atoms with Crippen LogP contribution in [0.5, 0.6) is 11.5 Å². The molecular weight excluding hydrogens is 462 g/mol. The van der Waals surface area contributed by atoms with Crippen LogP contribution >= 0.6 is 11.6 Å². The molecule has 0 aliphatic heterocycles. The van der Waals surface area contributed by atoms with Gasteiger partial charge in [0.1, 0.15) is 0 Å². The number of carbonyl (C=O) groups excluding carboxylic acids is 2. The Kier molecular flexibility index (Phi) is 8.05. The molecule has 0 aliphatic carbocycles. The van der Waals surface area contributed by atoms with Crippen LogP contribution in [-0.4, -0.2) is 37.5 Å². The minimum absolute atomic E-state index is 0.0555. The Hall–Kier alpha value is -4.11. The van der Waals surface area contributed by atoms with Crippen molar-refractivity contribution in [2.45, 2.75) is 6.42 Å². The normalized spacial score (nSPS) is 10.3. The number of nitro benzene ring substituents is 1. The topological polar surface area (TPSA) is 120 Å². The van der Waals surface area contributed by atoms with Crippen LogP contribution in [0.25, 0.3) is 0 Å². The number of ether oxygens (including phenoxy) is 2. The molecule has 10 heteroatoms. The van der Waals surface area contributed by atoms with Crippen LogP contribution < -0.4 is 20.1 Å². The van der Waals surface area contributed by atoms with E-state index in [1.807, 2.05) is 12.1 Å². The first-order chi connectivity index (χ1) is 16.3. The lowest BCUT2D eigenvalue weighted by atomic mass is 10.1. The Morgan fingerprint density at radius 1 is 0.941 bits per heavy atom. The van der Waals surface area contributed by atoms with Crippen molar-refractivity contribution in [3.05, 3.63) is 92.5 Å². The standard InChI is InChI=1S/C24H22ClN3O6/c1-33-21-10-7-15(13-22(21)34-2)11-12-26-23(29)17-5-3-4-6-20(17)27-24(30)18-14-16(28(31)32)8-9-19(18)25/h3-10,13-14H,11-12H2,1-2H3,(H,26,29)(H,27,30). The van der Waals surface area contributed by atoms with Crippen molar-refractivity contribution in [1.82, 2.24) is 5.32 Å². The van der Waals surface area contributed by atoms with Gasteiger partial charge < -0.3 is 20.1 Å². The van der Waals surface area contributed by atoms with E-state index in [4.69, 9.17) is 21.1 Å². The molecule has 9 nitrogen and oxygen atoms in total. The number of para-hydroxylation sites is 1. The summed E-state index contributed by atoms with van der Waals surface area (Å²) in [6.07, 6.45) is 0.546. The van der Waals surface area contributed by atoms with Crippen molar-refractivity contribution in [3.8, 4) is 11.5 Å². The van der Waals surface area contributed by atoms with E-state index in [0.29, 0.717) is 24.5 Å². The number of anilines is 1. The van der Waals surface area contributed by atoms with Gasteiger partial charge in [-0.25, -0.2) is 0 Å². The van der Waals surface area contributed by atoms with Gasteiger partial charge in [0.05, 0.1) is 41.0 Å². The van der Waals surface area contributed by atoms with Gasteiger partial charge in [-0.15, -0.1) is 0 Å².